The van der Waals surface area contributed by atoms with Gasteiger partial charge in [0.05, 0.1) is 33.4 Å². The van der Waals surface area contributed by atoms with Crippen LogP contribution in [-0.4, -0.2) is 65.5 Å². The number of carbonyl (C=O) groups is 3. The third kappa shape index (κ3) is 3.32. The minimum Gasteiger partial charge on any atom is -0.457 e. The van der Waals surface area contributed by atoms with E-state index >= 15 is 0 Å². The molecular formula is C23H25ClN2O6. The minimum absolute atomic E-state index is 0.0803. The Kier molecular flexibility index (Phi) is 5.27. The van der Waals surface area contributed by atoms with Gasteiger partial charge in [-0.2, -0.15) is 0 Å². The Hall–Kier alpha value is -2.42. The Morgan fingerprint density at radius 2 is 1.75 bits per heavy atom. The number of benzene rings is 1. The third-order valence-corrected chi connectivity index (χ3v) is 7.81. The summed E-state index contributed by atoms with van der Waals surface area (Å²) in [6.07, 6.45) is 1.37. The number of esters is 2. The van der Waals surface area contributed by atoms with Crippen molar-refractivity contribution in [3.8, 4) is 0 Å². The molecule has 8 nitrogen and oxygen atoms in total. The van der Waals surface area contributed by atoms with Crippen molar-refractivity contribution in [2.45, 2.75) is 38.9 Å². The maximum absolute atomic E-state index is 13.3. The zero-order valence-electron chi connectivity index (χ0n) is 17.9. The van der Waals surface area contributed by atoms with Gasteiger partial charge in [0.15, 0.2) is 0 Å². The van der Waals surface area contributed by atoms with E-state index in [2.05, 4.69) is 4.90 Å². The van der Waals surface area contributed by atoms with Crippen LogP contribution >= 0.6 is 11.6 Å². The molecule has 32 heavy (non-hydrogen) atoms. The topological polar surface area (TPSA) is 96.4 Å². The maximum atomic E-state index is 13.3. The number of halogens is 1. The van der Waals surface area contributed by atoms with E-state index in [9.17, 15) is 19.5 Å². The molecule has 5 rings (SSSR count). The van der Waals surface area contributed by atoms with Crippen LogP contribution in [-0.2, 0) is 25.7 Å². The monoisotopic (exact) mass is 460 g/mol. The summed E-state index contributed by atoms with van der Waals surface area (Å²) in [7, 11) is 0. The predicted octanol–water partition coefficient (Wildman–Crippen LogP) is 2.19. The van der Waals surface area contributed by atoms with E-state index < -0.39 is 11.5 Å². The van der Waals surface area contributed by atoms with Gasteiger partial charge in [0, 0.05) is 24.2 Å². The second kappa shape index (κ2) is 7.86. The molecule has 170 valence electrons. The summed E-state index contributed by atoms with van der Waals surface area (Å²) in [5.41, 5.74) is 2.47. The van der Waals surface area contributed by atoms with Gasteiger partial charge in [-0.25, -0.2) is 9.59 Å². The standard InChI is InChI=1S/C23H25ClN2O6/c1-13-17(12-32-20(13)28)26-9-6-23(22(26)30)4-7-25(8-5-23)10-18(27)15-3-2-14-16(19(15)24)11-31-21(14)29/h2-3,18,27H,4-12H2,1H3/t18-/m0/s1. The molecule has 0 saturated carbocycles. The molecule has 0 unspecified atom stereocenters. The van der Waals surface area contributed by atoms with Gasteiger partial charge < -0.3 is 24.4 Å². The van der Waals surface area contributed by atoms with Crippen molar-refractivity contribution in [1.29, 1.82) is 0 Å². The number of aliphatic hydroxyl groups excluding tert-OH is 1. The van der Waals surface area contributed by atoms with Crippen molar-refractivity contribution >= 4 is 29.4 Å². The van der Waals surface area contributed by atoms with Crippen LogP contribution < -0.4 is 0 Å². The van der Waals surface area contributed by atoms with E-state index in [0.717, 1.165) is 6.42 Å². The van der Waals surface area contributed by atoms with E-state index in [4.69, 9.17) is 21.1 Å². The highest BCUT2D eigenvalue weighted by molar-refractivity contribution is 6.32. The number of rotatable bonds is 4. The normalized spacial score (nSPS) is 23.7. The molecule has 9 heteroatoms. The first kappa shape index (κ1) is 21.4. The first-order valence-corrected chi connectivity index (χ1v) is 11.3. The molecule has 1 N–H and O–H groups in total. The Labute approximate surface area is 190 Å². The van der Waals surface area contributed by atoms with Crippen LogP contribution in [0.4, 0.5) is 0 Å². The molecule has 4 heterocycles. The number of ether oxygens (including phenoxy) is 2. The molecule has 1 spiro atoms. The number of amides is 1. The average Bonchev–Trinajstić information content (AvgIpc) is 3.42. The van der Waals surface area contributed by atoms with E-state index in [1.165, 1.54) is 0 Å². The van der Waals surface area contributed by atoms with Gasteiger partial charge in [-0.15, -0.1) is 0 Å². The second-order valence-corrected chi connectivity index (χ2v) is 9.40. The van der Waals surface area contributed by atoms with Crippen molar-refractivity contribution in [2.75, 3.05) is 32.8 Å². The minimum atomic E-state index is -0.803. The summed E-state index contributed by atoms with van der Waals surface area (Å²) < 4.78 is 10.1. The first-order valence-electron chi connectivity index (χ1n) is 10.9. The summed E-state index contributed by atoms with van der Waals surface area (Å²) in [6, 6.07) is 3.34. The van der Waals surface area contributed by atoms with E-state index in [0.29, 0.717) is 72.0 Å². The van der Waals surface area contributed by atoms with Crippen LogP contribution in [0.5, 0.6) is 0 Å². The van der Waals surface area contributed by atoms with Crippen molar-refractivity contribution < 1.29 is 29.0 Å². The Morgan fingerprint density at radius 1 is 1.06 bits per heavy atom. The number of hydrogen-bond acceptors (Lipinski definition) is 7. The molecular weight excluding hydrogens is 436 g/mol. The fourth-order valence-corrected chi connectivity index (χ4v) is 5.59. The first-order chi connectivity index (χ1) is 15.3. The lowest BCUT2D eigenvalue weighted by Crippen LogP contribution is -2.45. The zero-order chi connectivity index (χ0) is 22.6. The Balaban J connectivity index is 1.23. The van der Waals surface area contributed by atoms with Crippen molar-refractivity contribution in [3.05, 3.63) is 45.1 Å². The van der Waals surface area contributed by atoms with Crippen LogP contribution in [0.1, 0.15) is 53.8 Å². The van der Waals surface area contributed by atoms with Crippen molar-refractivity contribution in [3.63, 3.8) is 0 Å². The number of nitrogens with zero attached hydrogens (tertiary/aromatic N) is 2. The fourth-order valence-electron chi connectivity index (χ4n) is 5.24. The Morgan fingerprint density at radius 3 is 2.44 bits per heavy atom. The third-order valence-electron chi connectivity index (χ3n) is 7.36. The molecule has 0 bridgehead atoms. The molecule has 1 atom stereocenters. The average molecular weight is 461 g/mol. The van der Waals surface area contributed by atoms with E-state index in [-0.39, 0.29) is 31.1 Å². The maximum Gasteiger partial charge on any atom is 0.338 e. The largest absolute Gasteiger partial charge is 0.457 e. The van der Waals surface area contributed by atoms with E-state index in [1.807, 2.05) is 0 Å². The molecule has 1 aromatic carbocycles. The van der Waals surface area contributed by atoms with Crippen LogP contribution in [0.2, 0.25) is 5.02 Å². The molecule has 0 aromatic heterocycles. The number of piperidine rings is 1. The molecule has 0 aliphatic carbocycles. The van der Waals surface area contributed by atoms with Crippen molar-refractivity contribution in [2.24, 2.45) is 5.41 Å². The van der Waals surface area contributed by atoms with Gasteiger partial charge in [-0.05, 0) is 45.3 Å². The summed E-state index contributed by atoms with van der Waals surface area (Å²) >= 11 is 6.45. The number of hydrogen-bond donors (Lipinski definition) is 1. The summed E-state index contributed by atoms with van der Waals surface area (Å²) in [5, 5.41) is 11.2. The van der Waals surface area contributed by atoms with Gasteiger partial charge in [-0.3, -0.25) is 4.79 Å². The molecule has 1 amide bonds. The second-order valence-electron chi connectivity index (χ2n) is 9.02. The number of β-amino-alcohol motifs (C(OH)–C–C–N with tert-alkyl or cyclic N) is 1. The number of cyclic esters (lactones) is 2. The van der Waals surface area contributed by atoms with E-state index in [1.54, 1.807) is 24.0 Å². The summed E-state index contributed by atoms with van der Waals surface area (Å²) in [4.78, 5) is 40.5. The number of likely N-dealkylation sites (tertiary alicyclic amines) is 2. The molecule has 0 radical (unpaired) electrons. The molecule has 2 fully saturated rings. The molecule has 1 aromatic rings. The quantitative estimate of drug-likeness (QED) is 0.688. The molecule has 4 aliphatic rings. The fraction of sp³-hybridized carbons (Fsp3) is 0.522. The Bertz CT molecular complexity index is 1040. The number of aliphatic hydroxyl groups is 1. The predicted molar refractivity (Wildman–Crippen MR) is 114 cm³/mol. The molecule has 2 saturated heterocycles. The SMILES string of the molecule is CC1=C(N2CCC3(CCN(C[C@H](O)c4ccc5c(c4Cl)COC5=O)CC3)C2=O)COC1=O. The zero-order valence-corrected chi connectivity index (χ0v) is 18.6. The summed E-state index contributed by atoms with van der Waals surface area (Å²) in [5.74, 6) is -0.658. The lowest BCUT2D eigenvalue weighted by atomic mass is 9.77. The highest BCUT2D eigenvalue weighted by Gasteiger charge is 2.50. The van der Waals surface area contributed by atoms with Gasteiger partial charge in [0.1, 0.15) is 13.2 Å². The highest BCUT2D eigenvalue weighted by atomic mass is 35.5. The highest BCUT2D eigenvalue weighted by Crippen LogP contribution is 2.44. The van der Waals surface area contributed by atoms with Crippen LogP contribution in [0.15, 0.2) is 23.4 Å². The van der Waals surface area contributed by atoms with Gasteiger partial charge >= 0.3 is 11.9 Å². The summed E-state index contributed by atoms with van der Waals surface area (Å²) in [6.45, 7) is 4.39. The van der Waals surface area contributed by atoms with Crippen LogP contribution in [0, 0.1) is 5.41 Å². The van der Waals surface area contributed by atoms with Crippen molar-refractivity contribution in [1.82, 2.24) is 9.80 Å². The van der Waals surface area contributed by atoms with Crippen LogP contribution in [0.25, 0.3) is 0 Å². The number of fused-ring (bicyclic) bond motifs is 1. The number of carbonyl (C=O) groups excluding carboxylic acids is 3. The lowest BCUT2D eigenvalue weighted by molar-refractivity contribution is -0.138. The van der Waals surface area contributed by atoms with Gasteiger partial charge in [-0.1, -0.05) is 17.7 Å². The van der Waals surface area contributed by atoms with Gasteiger partial charge in [0.25, 0.3) is 0 Å². The molecule has 4 aliphatic heterocycles. The lowest BCUT2D eigenvalue weighted by Gasteiger charge is -2.38. The van der Waals surface area contributed by atoms with Gasteiger partial charge in [0.2, 0.25) is 5.91 Å². The smallest absolute Gasteiger partial charge is 0.338 e. The van der Waals surface area contributed by atoms with Crippen LogP contribution in [0.3, 0.4) is 0 Å².